The molecule has 23 heavy (non-hydrogen) atoms. The lowest BCUT2D eigenvalue weighted by Gasteiger charge is -2.11. The molecule has 1 aromatic carbocycles. The monoisotopic (exact) mass is 315 g/mol. The van der Waals surface area contributed by atoms with Gasteiger partial charge in [0.25, 0.3) is 0 Å². The van der Waals surface area contributed by atoms with Crippen LogP contribution in [-0.4, -0.2) is 27.8 Å². The molecule has 7 heteroatoms. The molecule has 0 unspecified atom stereocenters. The van der Waals surface area contributed by atoms with Gasteiger partial charge >= 0.3 is 5.97 Å². The first-order valence-corrected chi connectivity index (χ1v) is 7.27. The summed E-state index contributed by atoms with van der Waals surface area (Å²) < 4.78 is 10.6. The number of carboxylic acids is 1. The first-order valence-electron chi connectivity index (χ1n) is 7.27. The third kappa shape index (κ3) is 3.18. The minimum Gasteiger partial charge on any atom is -0.478 e. The lowest BCUT2D eigenvalue weighted by molar-refractivity contribution is 0.0694. The van der Waals surface area contributed by atoms with Crippen LogP contribution in [0.3, 0.4) is 0 Å². The van der Waals surface area contributed by atoms with E-state index in [9.17, 15) is 9.90 Å². The van der Waals surface area contributed by atoms with E-state index in [1.54, 1.807) is 0 Å². The highest BCUT2D eigenvalue weighted by Crippen LogP contribution is 2.32. The van der Waals surface area contributed by atoms with E-state index in [4.69, 9.17) is 9.47 Å². The van der Waals surface area contributed by atoms with E-state index in [-0.39, 0.29) is 18.3 Å². The number of hydrogen-bond donors (Lipinski definition) is 2. The number of aromatic carboxylic acids is 1. The number of ether oxygens (including phenoxy) is 2. The predicted molar refractivity (Wildman–Crippen MR) is 83.0 cm³/mol. The number of carboxylic acid groups (broad SMARTS) is 1. The van der Waals surface area contributed by atoms with Crippen LogP contribution in [0.5, 0.6) is 11.5 Å². The van der Waals surface area contributed by atoms with Gasteiger partial charge in [-0.1, -0.05) is 19.9 Å². The van der Waals surface area contributed by atoms with Gasteiger partial charge in [0.1, 0.15) is 0 Å². The molecule has 3 rings (SSSR count). The minimum atomic E-state index is -1.02. The third-order valence-corrected chi connectivity index (χ3v) is 3.48. The van der Waals surface area contributed by atoms with Gasteiger partial charge in [-0.25, -0.2) is 14.8 Å². The van der Waals surface area contributed by atoms with E-state index in [1.807, 2.05) is 32.0 Å². The number of hydrogen-bond acceptors (Lipinski definition) is 6. The Morgan fingerprint density at radius 2 is 2.13 bits per heavy atom. The van der Waals surface area contributed by atoms with Crippen LogP contribution < -0.4 is 14.8 Å². The molecule has 2 heterocycles. The van der Waals surface area contributed by atoms with Gasteiger partial charge in [0.2, 0.25) is 12.7 Å². The molecule has 0 fully saturated rings. The average Bonchev–Trinajstić information content (AvgIpc) is 3.00. The van der Waals surface area contributed by atoms with Crippen molar-refractivity contribution in [3.05, 3.63) is 41.2 Å². The average molecular weight is 315 g/mol. The standard InChI is InChI=1S/C16H17N3O4/c1-9(2)14-11(15(20)21)7-18-16(19-14)17-6-10-3-4-12-13(5-10)23-8-22-12/h3-5,7,9H,6,8H2,1-2H3,(H,20,21)(H,17,18,19). The van der Waals surface area contributed by atoms with Crippen LogP contribution in [0.1, 0.15) is 41.4 Å². The molecule has 0 saturated carbocycles. The van der Waals surface area contributed by atoms with Crippen LogP contribution in [0.15, 0.2) is 24.4 Å². The topological polar surface area (TPSA) is 93.6 Å². The first-order chi connectivity index (χ1) is 11.0. The van der Waals surface area contributed by atoms with Crippen molar-refractivity contribution in [1.82, 2.24) is 9.97 Å². The Morgan fingerprint density at radius 3 is 2.87 bits per heavy atom. The van der Waals surface area contributed by atoms with Crippen LogP contribution >= 0.6 is 0 Å². The van der Waals surface area contributed by atoms with Crippen molar-refractivity contribution >= 4 is 11.9 Å². The fourth-order valence-electron chi connectivity index (χ4n) is 2.32. The van der Waals surface area contributed by atoms with Crippen LogP contribution in [0, 0.1) is 0 Å². The third-order valence-electron chi connectivity index (χ3n) is 3.48. The summed E-state index contributed by atoms with van der Waals surface area (Å²) in [4.78, 5) is 19.6. The number of rotatable bonds is 5. The van der Waals surface area contributed by atoms with Crippen LogP contribution in [0.2, 0.25) is 0 Å². The molecular formula is C16H17N3O4. The van der Waals surface area contributed by atoms with Crippen molar-refractivity contribution < 1.29 is 19.4 Å². The second-order valence-electron chi connectivity index (χ2n) is 5.49. The van der Waals surface area contributed by atoms with Gasteiger partial charge in [0.05, 0.1) is 11.3 Å². The van der Waals surface area contributed by atoms with Crippen molar-refractivity contribution in [1.29, 1.82) is 0 Å². The fraction of sp³-hybridized carbons (Fsp3) is 0.312. The summed E-state index contributed by atoms with van der Waals surface area (Å²) in [5, 5.41) is 12.3. The van der Waals surface area contributed by atoms with Crippen molar-refractivity contribution in [2.24, 2.45) is 0 Å². The highest BCUT2D eigenvalue weighted by atomic mass is 16.7. The summed E-state index contributed by atoms with van der Waals surface area (Å²) in [6.45, 7) is 4.54. The van der Waals surface area contributed by atoms with Crippen molar-refractivity contribution in [2.45, 2.75) is 26.3 Å². The summed E-state index contributed by atoms with van der Waals surface area (Å²) in [5.74, 6) is 0.829. The van der Waals surface area contributed by atoms with Gasteiger partial charge in [-0.3, -0.25) is 0 Å². The maximum atomic E-state index is 11.2. The predicted octanol–water partition coefficient (Wildman–Crippen LogP) is 2.64. The molecule has 1 aliphatic heterocycles. The molecule has 2 aromatic rings. The van der Waals surface area contributed by atoms with Gasteiger partial charge in [-0.15, -0.1) is 0 Å². The molecule has 1 aliphatic rings. The lowest BCUT2D eigenvalue weighted by Crippen LogP contribution is -2.11. The summed E-state index contributed by atoms with van der Waals surface area (Å²) in [7, 11) is 0. The Balaban J connectivity index is 1.75. The minimum absolute atomic E-state index is 0.00445. The second kappa shape index (κ2) is 6.12. The molecular weight excluding hydrogens is 298 g/mol. The van der Waals surface area contributed by atoms with E-state index < -0.39 is 5.97 Å². The largest absolute Gasteiger partial charge is 0.478 e. The summed E-state index contributed by atoms with van der Waals surface area (Å²) >= 11 is 0. The Hall–Kier alpha value is -2.83. The number of anilines is 1. The molecule has 0 radical (unpaired) electrons. The Morgan fingerprint density at radius 1 is 1.35 bits per heavy atom. The molecule has 0 spiro atoms. The molecule has 2 N–H and O–H groups in total. The van der Waals surface area contributed by atoms with Crippen molar-refractivity contribution in [3.8, 4) is 11.5 Å². The fourth-order valence-corrected chi connectivity index (χ4v) is 2.32. The number of aromatic nitrogens is 2. The summed E-state index contributed by atoms with van der Waals surface area (Å²) in [5.41, 5.74) is 1.64. The molecule has 7 nitrogen and oxygen atoms in total. The van der Waals surface area contributed by atoms with E-state index in [0.29, 0.717) is 23.9 Å². The quantitative estimate of drug-likeness (QED) is 0.876. The number of benzene rings is 1. The first kappa shape index (κ1) is 15.1. The number of carbonyl (C=O) groups is 1. The lowest BCUT2D eigenvalue weighted by atomic mass is 10.1. The van der Waals surface area contributed by atoms with Gasteiger partial charge in [0, 0.05) is 12.7 Å². The zero-order chi connectivity index (χ0) is 16.4. The van der Waals surface area contributed by atoms with Gasteiger partial charge < -0.3 is 19.9 Å². The van der Waals surface area contributed by atoms with E-state index in [0.717, 1.165) is 11.3 Å². The van der Waals surface area contributed by atoms with Crippen molar-refractivity contribution in [2.75, 3.05) is 12.1 Å². The van der Waals surface area contributed by atoms with Gasteiger partial charge in [0.15, 0.2) is 11.5 Å². The highest BCUT2D eigenvalue weighted by molar-refractivity contribution is 5.88. The molecule has 120 valence electrons. The molecule has 0 amide bonds. The number of nitrogens with zero attached hydrogens (tertiary/aromatic N) is 2. The van der Waals surface area contributed by atoms with E-state index in [2.05, 4.69) is 15.3 Å². The maximum Gasteiger partial charge on any atom is 0.339 e. The number of nitrogens with one attached hydrogen (secondary N) is 1. The highest BCUT2D eigenvalue weighted by Gasteiger charge is 2.17. The summed E-state index contributed by atoms with van der Waals surface area (Å²) in [6, 6.07) is 5.67. The molecule has 0 saturated heterocycles. The summed E-state index contributed by atoms with van der Waals surface area (Å²) in [6.07, 6.45) is 1.34. The zero-order valence-corrected chi connectivity index (χ0v) is 12.9. The number of fused-ring (bicyclic) bond motifs is 1. The zero-order valence-electron chi connectivity index (χ0n) is 12.9. The normalized spacial score (nSPS) is 12.5. The smallest absolute Gasteiger partial charge is 0.339 e. The Kier molecular flexibility index (Phi) is 4.01. The molecule has 0 atom stereocenters. The van der Waals surface area contributed by atoms with Crippen LogP contribution in [0.25, 0.3) is 0 Å². The van der Waals surface area contributed by atoms with E-state index >= 15 is 0 Å². The molecule has 1 aromatic heterocycles. The molecule has 0 aliphatic carbocycles. The van der Waals surface area contributed by atoms with Gasteiger partial charge in [-0.2, -0.15) is 0 Å². The van der Waals surface area contributed by atoms with E-state index in [1.165, 1.54) is 6.20 Å². The van der Waals surface area contributed by atoms with Gasteiger partial charge in [-0.05, 0) is 23.6 Å². The Labute approximate surface area is 133 Å². The second-order valence-corrected chi connectivity index (χ2v) is 5.49. The SMILES string of the molecule is CC(C)c1nc(NCc2ccc3c(c2)OCO3)ncc1C(=O)O. The molecule has 0 bridgehead atoms. The Bertz CT molecular complexity index is 746. The van der Waals surface area contributed by atoms with Crippen LogP contribution in [-0.2, 0) is 6.54 Å². The van der Waals surface area contributed by atoms with Crippen LogP contribution in [0.4, 0.5) is 5.95 Å². The van der Waals surface area contributed by atoms with Crippen molar-refractivity contribution in [3.63, 3.8) is 0 Å². The maximum absolute atomic E-state index is 11.2.